The zero-order chi connectivity index (χ0) is 16.2. The van der Waals surface area contributed by atoms with Gasteiger partial charge < -0.3 is 9.64 Å². The van der Waals surface area contributed by atoms with E-state index in [4.69, 9.17) is 4.74 Å². The molecule has 1 amide bonds. The third-order valence-corrected chi connectivity index (χ3v) is 4.71. The van der Waals surface area contributed by atoms with Crippen LogP contribution in [-0.4, -0.2) is 30.4 Å². The normalized spacial score (nSPS) is 12.9. The molecule has 1 atom stereocenters. The first-order valence-electron chi connectivity index (χ1n) is 6.81. The van der Waals surface area contributed by atoms with Crippen LogP contribution in [0.2, 0.25) is 0 Å². The predicted octanol–water partition coefficient (Wildman–Crippen LogP) is 3.69. The number of ether oxygens (including phenoxy) is 1. The maximum atomic E-state index is 12.6. The van der Waals surface area contributed by atoms with Gasteiger partial charge >= 0.3 is 5.97 Å². The van der Waals surface area contributed by atoms with Gasteiger partial charge in [0.1, 0.15) is 5.92 Å². The van der Waals surface area contributed by atoms with Crippen LogP contribution in [0.5, 0.6) is 0 Å². The number of amides is 1. The Balaban J connectivity index is 2.86. The third kappa shape index (κ3) is 5.11. The molecule has 1 heterocycles. The fraction of sp³-hybridized carbons (Fsp3) is 0.600. The van der Waals surface area contributed by atoms with Gasteiger partial charge in [0, 0.05) is 21.8 Å². The average molecular weight is 376 g/mol. The van der Waals surface area contributed by atoms with E-state index in [1.807, 2.05) is 32.2 Å². The summed E-state index contributed by atoms with van der Waals surface area (Å²) in [4.78, 5) is 27.4. The fourth-order valence-corrected chi connectivity index (χ4v) is 3.52. The third-order valence-electron chi connectivity index (χ3n) is 3.03. The Kier molecular flexibility index (Phi) is 6.41. The van der Waals surface area contributed by atoms with Gasteiger partial charge in [0.15, 0.2) is 0 Å². The molecule has 21 heavy (non-hydrogen) atoms. The number of rotatable bonds is 5. The van der Waals surface area contributed by atoms with E-state index in [1.165, 1.54) is 0 Å². The smallest absolute Gasteiger partial charge is 0.319 e. The van der Waals surface area contributed by atoms with Crippen molar-refractivity contribution in [3.8, 4) is 0 Å². The molecule has 0 fully saturated rings. The summed E-state index contributed by atoms with van der Waals surface area (Å²) in [5.41, 5.74) is -0.479. The zero-order valence-electron chi connectivity index (χ0n) is 13.1. The highest BCUT2D eigenvalue weighted by molar-refractivity contribution is 9.10. The van der Waals surface area contributed by atoms with E-state index >= 15 is 0 Å². The van der Waals surface area contributed by atoms with E-state index in [2.05, 4.69) is 15.9 Å². The maximum absolute atomic E-state index is 12.6. The predicted molar refractivity (Wildman–Crippen MR) is 88.1 cm³/mol. The van der Waals surface area contributed by atoms with Crippen LogP contribution < -0.4 is 0 Å². The van der Waals surface area contributed by atoms with Crippen LogP contribution in [0.3, 0.4) is 0 Å². The van der Waals surface area contributed by atoms with E-state index in [9.17, 15) is 9.59 Å². The molecule has 1 aromatic heterocycles. The minimum Gasteiger partial charge on any atom is -0.465 e. The fourth-order valence-electron chi connectivity index (χ4n) is 2.02. The van der Waals surface area contributed by atoms with Crippen LogP contribution >= 0.6 is 27.3 Å². The van der Waals surface area contributed by atoms with Gasteiger partial charge in [-0.05, 0) is 34.3 Å². The van der Waals surface area contributed by atoms with E-state index in [-0.39, 0.29) is 12.5 Å². The minimum absolute atomic E-state index is 0.203. The molecule has 0 aliphatic rings. The van der Waals surface area contributed by atoms with Gasteiger partial charge in [-0.3, -0.25) is 9.59 Å². The van der Waals surface area contributed by atoms with Gasteiger partial charge in [0.25, 0.3) is 0 Å². The van der Waals surface area contributed by atoms with Crippen molar-refractivity contribution < 1.29 is 14.3 Å². The van der Waals surface area contributed by atoms with Crippen LogP contribution in [0, 0.1) is 11.3 Å². The van der Waals surface area contributed by atoms with Crippen molar-refractivity contribution >= 4 is 39.1 Å². The number of carbonyl (C=O) groups is 2. The van der Waals surface area contributed by atoms with E-state index in [0.717, 1.165) is 9.35 Å². The highest BCUT2D eigenvalue weighted by Crippen LogP contribution is 2.30. The highest BCUT2D eigenvalue weighted by Gasteiger charge is 2.40. The van der Waals surface area contributed by atoms with Crippen molar-refractivity contribution in [2.24, 2.45) is 11.3 Å². The van der Waals surface area contributed by atoms with E-state index < -0.39 is 17.3 Å². The molecule has 0 radical (unpaired) electrons. The molecule has 118 valence electrons. The van der Waals surface area contributed by atoms with E-state index in [1.54, 1.807) is 30.2 Å². The molecule has 6 heteroatoms. The Labute approximate surface area is 138 Å². The summed E-state index contributed by atoms with van der Waals surface area (Å²) in [7, 11) is 1.72. The van der Waals surface area contributed by atoms with Gasteiger partial charge in [-0.2, -0.15) is 0 Å². The molecular weight excluding hydrogens is 354 g/mol. The van der Waals surface area contributed by atoms with Crippen molar-refractivity contribution in [1.82, 2.24) is 4.90 Å². The number of nitrogens with zero attached hydrogens (tertiary/aromatic N) is 1. The molecule has 0 saturated heterocycles. The summed E-state index contributed by atoms with van der Waals surface area (Å²) in [5.74, 6) is -1.44. The number of carbonyl (C=O) groups excluding carboxylic acids is 2. The topological polar surface area (TPSA) is 46.6 Å². The van der Waals surface area contributed by atoms with Crippen LogP contribution in [-0.2, 0) is 20.9 Å². The van der Waals surface area contributed by atoms with E-state index in [0.29, 0.717) is 6.54 Å². The van der Waals surface area contributed by atoms with Crippen molar-refractivity contribution in [2.75, 3.05) is 13.7 Å². The number of hydrogen-bond donors (Lipinski definition) is 0. The van der Waals surface area contributed by atoms with Gasteiger partial charge in [-0.25, -0.2) is 0 Å². The summed E-state index contributed by atoms with van der Waals surface area (Å²) in [6, 6.07) is 1.98. The molecule has 0 N–H and O–H groups in total. The second-order valence-electron chi connectivity index (χ2n) is 5.98. The van der Waals surface area contributed by atoms with Crippen LogP contribution in [0.4, 0.5) is 0 Å². The zero-order valence-corrected chi connectivity index (χ0v) is 15.5. The summed E-state index contributed by atoms with van der Waals surface area (Å²) >= 11 is 4.97. The standard InChI is InChI=1S/C15H22BrNO3S/c1-6-20-14(19)12(15(2,3)4)13(18)17(5)8-11-7-10(16)9-21-11/h7,9,12H,6,8H2,1-5H3. The molecule has 4 nitrogen and oxygen atoms in total. The minimum atomic E-state index is -0.786. The van der Waals surface area contributed by atoms with Crippen LogP contribution in [0.15, 0.2) is 15.9 Å². The van der Waals surface area contributed by atoms with Crippen molar-refractivity contribution in [2.45, 2.75) is 34.2 Å². The van der Waals surface area contributed by atoms with Crippen molar-refractivity contribution in [1.29, 1.82) is 0 Å². The molecule has 0 saturated carbocycles. The summed E-state index contributed by atoms with van der Waals surface area (Å²) in [5, 5.41) is 1.97. The molecule has 0 aliphatic heterocycles. The van der Waals surface area contributed by atoms with Crippen molar-refractivity contribution in [3.05, 3.63) is 20.8 Å². The molecule has 0 spiro atoms. The summed E-state index contributed by atoms with van der Waals surface area (Å²) in [6.45, 7) is 8.14. The Morgan fingerprint density at radius 1 is 1.43 bits per heavy atom. The molecular formula is C15H22BrNO3S. The quantitative estimate of drug-likeness (QED) is 0.582. The first-order valence-corrected chi connectivity index (χ1v) is 8.48. The number of esters is 1. The molecule has 0 aliphatic carbocycles. The van der Waals surface area contributed by atoms with Gasteiger partial charge in [0.05, 0.1) is 13.2 Å². The van der Waals surface area contributed by atoms with Gasteiger partial charge in [-0.15, -0.1) is 11.3 Å². The van der Waals surface area contributed by atoms with Crippen molar-refractivity contribution in [3.63, 3.8) is 0 Å². The van der Waals surface area contributed by atoms with Crippen LogP contribution in [0.25, 0.3) is 0 Å². The first kappa shape index (κ1) is 18.2. The van der Waals surface area contributed by atoms with Gasteiger partial charge in [-0.1, -0.05) is 20.8 Å². The Morgan fingerprint density at radius 2 is 2.05 bits per heavy atom. The SMILES string of the molecule is CCOC(=O)C(C(=O)N(C)Cc1cc(Br)cs1)C(C)(C)C. The molecule has 1 rings (SSSR count). The number of halogens is 1. The Hall–Kier alpha value is -0.880. The second-order valence-corrected chi connectivity index (χ2v) is 7.89. The first-order chi connectivity index (χ1) is 9.66. The summed E-state index contributed by atoms with van der Waals surface area (Å²) < 4.78 is 6.07. The number of hydrogen-bond acceptors (Lipinski definition) is 4. The Bertz CT molecular complexity index is 507. The second kappa shape index (κ2) is 7.40. The largest absolute Gasteiger partial charge is 0.465 e. The van der Waals surface area contributed by atoms with Gasteiger partial charge in [0.2, 0.25) is 5.91 Å². The lowest BCUT2D eigenvalue weighted by molar-refractivity contribution is -0.160. The lowest BCUT2D eigenvalue weighted by Gasteiger charge is -2.31. The molecule has 1 aromatic rings. The highest BCUT2D eigenvalue weighted by atomic mass is 79.9. The monoisotopic (exact) mass is 375 g/mol. The Morgan fingerprint density at radius 3 is 2.48 bits per heavy atom. The molecule has 0 bridgehead atoms. The lowest BCUT2D eigenvalue weighted by Crippen LogP contribution is -2.44. The number of thiophene rings is 1. The average Bonchev–Trinajstić information content (AvgIpc) is 2.73. The molecule has 0 aromatic carbocycles. The molecule has 1 unspecified atom stereocenters. The summed E-state index contributed by atoms with van der Waals surface area (Å²) in [6.07, 6.45) is 0. The lowest BCUT2D eigenvalue weighted by atomic mass is 9.80. The van der Waals surface area contributed by atoms with Crippen LogP contribution in [0.1, 0.15) is 32.6 Å². The maximum Gasteiger partial charge on any atom is 0.319 e.